The first-order chi connectivity index (χ1) is 18.6. The van der Waals surface area contributed by atoms with Gasteiger partial charge in [-0.1, -0.05) is 49.2 Å². The van der Waals surface area contributed by atoms with E-state index in [1.807, 2.05) is 6.92 Å². The van der Waals surface area contributed by atoms with Gasteiger partial charge < -0.3 is 25.6 Å². The minimum absolute atomic E-state index is 0.0170. The van der Waals surface area contributed by atoms with Gasteiger partial charge in [-0.3, -0.25) is 19.2 Å². The van der Waals surface area contributed by atoms with Crippen LogP contribution in [0.4, 0.5) is 0 Å². The van der Waals surface area contributed by atoms with Crippen LogP contribution >= 0.6 is 23.2 Å². The van der Waals surface area contributed by atoms with Crippen molar-refractivity contribution in [1.29, 1.82) is 0 Å². The maximum Gasteiger partial charge on any atom is 0.271 e. The van der Waals surface area contributed by atoms with Gasteiger partial charge in [0.2, 0.25) is 11.8 Å². The van der Waals surface area contributed by atoms with Crippen molar-refractivity contribution < 1.29 is 24.3 Å². The zero-order valence-corrected chi connectivity index (χ0v) is 23.3. The summed E-state index contributed by atoms with van der Waals surface area (Å²) in [7, 11) is 0. The Kier molecular flexibility index (Phi) is 7.77. The smallest absolute Gasteiger partial charge is 0.271 e. The SMILES string of the molecule is C[C@@H]1C=C[C@H](C)[C@H]2CN(C(=O)c3cc4c(Cl)cc(Cl)cc4[nH]3)[C@H](C(=O)N[C@@H](C[C@@H]3CCNC3=O)C(=O)CO)[C@H]21. The summed E-state index contributed by atoms with van der Waals surface area (Å²) in [4.78, 5) is 57.4. The zero-order valence-electron chi connectivity index (χ0n) is 21.7. The van der Waals surface area contributed by atoms with Crippen LogP contribution in [0.25, 0.3) is 10.9 Å². The molecule has 39 heavy (non-hydrogen) atoms. The number of H-pyrrole nitrogens is 1. The second-order valence-electron chi connectivity index (χ2n) is 11.0. The molecule has 9 nitrogen and oxygen atoms in total. The second-order valence-corrected chi connectivity index (χ2v) is 11.8. The summed E-state index contributed by atoms with van der Waals surface area (Å²) >= 11 is 12.5. The summed E-state index contributed by atoms with van der Waals surface area (Å²) in [6, 6.07) is 3.07. The fourth-order valence-corrected chi connectivity index (χ4v) is 7.02. The highest BCUT2D eigenvalue weighted by atomic mass is 35.5. The summed E-state index contributed by atoms with van der Waals surface area (Å²) in [5.74, 6) is -1.96. The third-order valence-corrected chi connectivity index (χ3v) is 9.09. The summed E-state index contributed by atoms with van der Waals surface area (Å²) in [5.41, 5.74) is 0.893. The number of amides is 3. The fourth-order valence-electron chi connectivity index (χ4n) is 6.47. The number of carbonyl (C=O) groups is 4. The highest BCUT2D eigenvalue weighted by molar-refractivity contribution is 6.38. The van der Waals surface area contributed by atoms with Gasteiger partial charge in [-0.15, -0.1) is 0 Å². The number of allylic oxidation sites excluding steroid dienone is 2. The Bertz CT molecular complexity index is 1360. The molecule has 0 unspecified atom stereocenters. The average Bonchev–Trinajstić information content (AvgIpc) is 3.62. The van der Waals surface area contributed by atoms with E-state index in [4.69, 9.17) is 23.2 Å². The van der Waals surface area contributed by atoms with E-state index < -0.39 is 36.3 Å². The van der Waals surface area contributed by atoms with E-state index in [0.29, 0.717) is 40.5 Å². The maximum atomic E-state index is 13.9. The van der Waals surface area contributed by atoms with Gasteiger partial charge in [-0.2, -0.15) is 0 Å². The first kappa shape index (κ1) is 27.7. The van der Waals surface area contributed by atoms with E-state index in [-0.39, 0.29) is 47.6 Å². The molecular formula is C28H32Cl2N4O5. The number of aromatic amines is 1. The summed E-state index contributed by atoms with van der Waals surface area (Å²) in [6.07, 6.45) is 4.84. The highest BCUT2D eigenvalue weighted by Gasteiger charge is 2.52. The van der Waals surface area contributed by atoms with Gasteiger partial charge in [0.25, 0.3) is 5.91 Å². The molecule has 2 fully saturated rings. The Hall–Kier alpha value is -2.88. The monoisotopic (exact) mass is 574 g/mol. The van der Waals surface area contributed by atoms with Crippen LogP contribution in [-0.2, 0) is 14.4 Å². The van der Waals surface area contributed by atoms with Crippen molar-refractivity contribution in [3.05, 3.63) is 46.1 Å². The van der Waals surface area contributed by atoms with Crippen LogP contribution in [0, 0.1) is 29.6 Å². The van der Waals surface area contributed by atoms with Crippen molar-refractivity contribution in [2.75, 3.05) is 19.7 Å². The lowest BCUT2D eigenvalue weighted by atomic mass is 9.71. The lowest BCUT2D eigenvalue weighted by Crippen LogP contribution is -2.54. The van der Waals surface area contributed by atoms with Crippen LogP contribution in [0.15, 0.2) is 30.4 Å². The first-order valence-corrected chi connectivity index (χ1v) is 14.0. The predicted octanol–water partition coefficient (Wildman–Crippen LogP) is 2.95. The van der Waals surface area contributed by atoms with Crippen molar-refractivity contribution in [2.45, 2.75) is 38.8 Å². The third kappa shape index (κ3) is 5.19. The van der Waals surface area contributed by atoms with E-state index in [1.54, 1.807) is 23.1 Å². The molecule has 3 heterocycles. The standard InChI is InChI=1S/C28H32Cl2N4O5/c1-13-3-4-14(2)24-18(13)11-34(28(39)22-10-17-19(30)8-16(29)9-20(17)32-22)25(24)27(38)33-21(23(36)12-35)7-15-5-6-31-26(15)37/h3-4,8-10,13-15,18,21,24-25,32,35H,5-7,11-12H2,1-2H3,(H,31,37)(H,33,38)/t13-,14+,15-,18+,21-,24-,25-/m0/s1. The molecule has 1 aromatic carbocycles. The van der Waals surface area contributed by atoms with Gasteiger partial charge in [0, 0.05) is 34.9 Å². The molecule has 0 saturated carbocycles. The molecule has 2 aromatic rings. The topological polar surface area (TPSA) is 132 Å². The van der Waals surface area contributed by atoms with Crippen molar-refractivity contribution in [3.63, 3.8) is 0 Å². The molecule has 2 aliphatic heterocycles. The number of Topliss-reactive ketones (excluding diaryl/α,β-unsaturated/α-hetero) is 1. The molecule has 3 amide bonds. The molecule has 5 rings (SSSR count). The molecule has 7 atom stereocenters. The molecule has 0 radical (unpaired) electrons. The van der Waals surface area contributed by atoms with Crippen LogP contribution in [-0.4, -0.2) is 70.3 Å². The van der Waals surface area contributed by atoms with Crippen LogP contribution < -0.4 is 10.6 Å². The van der Waals surface area contributed by atoms with Crippen LogP contribution in [0.2, 0.25) is 10.0 Å². The Morgan fingerprint density at radius 2 is 1.90 bits per heavy atom. The lowest BCUT2D eigenvalue weighted by Gasteiger charge is -2.34. The van der Waals surface area contributed by atoms with Crippen LogP contribution in [0.3, 0.4) is 0 Å². The maximum absolute atomic E-state index is 13.9. The normalized spacial score (nSPS) is 28.8. The largest absolute Gasteiger partial charge is 0.389 e. The number of aliphatic hydroxyl groups is 1. The fraction of sp³-hybridized carbons (Fsp3) is 0.500. The number of aliphatic hydroxyl groups excluding tert-OH is 1. The number of ketones is 1. The number of benzene rings is 1. The Morgan fingerprint density at radius 1 is 1.15 bits per heavy atom. The second kappa shape index (κ2) is 10.9. The summed E-state index contributed by atoms with van der Waals surface area (Å²) < 4.78 is 0. The average molecular weight is 575 g/mol. The Morgan fingerprint density at radius 3 is 2.59 bits per heavy atom. The number of likely N-dealkylation sites (tertiary alicyclic amines) is 1. The number of aromatic nitrogens is 1. The molecule has 0 spiro atoms. The van der Waals surface area contributed by atoms with Crippen molar-refractivity contribution in [2.24, 2.45) is 29.6 Å². The van der Waals surface area contributed by atoms with E-state index in [2.05, 4.69) is 34.7 Å². The van der Waals surface area contributed by atoms with E-state index in [0.717, 1.165) is 0 Å². The van der Waals surface area contributed by atoms with Gasteiger partial charge in [-0.25, -0.2) is 0 Å². The van der Waals surface area contributed by atoms with Gasteiger partial charge >= 0.3 is 0 Å². The molecule has 1 aliphatic carbocycles. The number of halogens is 2. The van der Waals surface area contributed by atoms with Gasteiger partial charge in [0.15, 0.2) is 5.78 Å². The van der Waals surface area contributed by atoms with Gasteiger partial charge in [-0.05, 0) is 54.7 Å². The molecule has 208 valence electrons. The van der Waals surface area contributed by atoms with Gasteiger partial charge in [0.1, 0.15) is 18.3 Å². The summed E-state index contributed by atoms with van der Waals surface area (Å²) in [6.45, 7) is 4.22. The van der Waals surface area contributed by atoms with Crippen molar-refractivity contribution in [1.82, 2.24) is 20.5 Å². The third-order valence-electron chi connectivity index (χ3n) is 8.56. The number of carbonyl (C=O) groups excluding carboxylic acids is 4. The van der Waals surface area contributed by atoms with E-state index in [9.17, 15) is 24.3 Å². The number of hydrogen-bond donors (Lipinski definition) is 4. The quantitative estimate of drug-likeness (QED) is 0.377. The van der Waals surface area contributed by atoms with E-state index in [1.165, 1.54) is 0 Å². The molecule has 11 heteroatoms. The Labute approximate surface area is 236 Å². The first-order valence-electron chi connectivity index (χ1n) is 13.3. The molecule has 0 bridgehead atoms. The van der Waals surface area contributed by atoms with E-state index >= 15 is 0 Å². The van der Waals surface area contributed by atoms with Crippen molar-refractivity contribution >= 4 is 57.6 Å². The number of rotatable bonds is 7. The highest BCUT2D eigenvalue weighted by Crippen LogP contribution is 2.44. The number of nitrogens with zero attached hydrogens (tertiary/aromatic N) is 1. The minimum atomic E-state index is -1.03. The lowest BCUT2D eigenvalue weighted by molar-refractivity contribution is -0.133. The predicted molar refractivity (Wildman–Crippen MR) is 147 cm³/mol. The minimum Gasteiger partial charge on any atom is -0.389 e. The number of hydrogen-bond acceptors (Lipinski definition) is 5. The zero-order chi connectivity index (χ0) is 28.0. The Balaban J connectivity index is 1.47. The molecule has 3 aliphatic rings. The van der Waals surface area contributed by atoms with Gasteiger partial charge in [0.05, 0.1) is 11.1 Å². The number of fused-ring (bicyclic) bond motifs is 2. The molecule has 1 aromatic heterocycles. The number of nitrogens with one attached hydrogen (secondary N) is 3. The van der Waals surface area contributed by atoms with Crippen LogP contribution in [0.1, 0.15) is 37.2 Å². The summed E-state index contributed by atoms with van der Waals surface area (Å²) in [5, 5.41) is 16.6. The molecule has 4 N–H and O–H groups in total. The molecule has 2 saturated heterocycles. The van der Waals surface area contributed by atoms with Crippen molar-refractivity contribution in [3.8, 4) is 0 Å². The van der Waals surface area contributed by atoms with Crippen LogP contribution in [0.5, 0.6) is 0 Å². The molecular weight excluding hydrogens is 543 g/mol.